The fraction of sp³-hybridized carbons (Fsp3) is 0.462. The minimum Gasteiger partial charge on any atom is -0.478 e. The standard InChI is InChI=1S/C13H19NO2/c1-4-14(10(2)3)9-11-5-7-12(8-6-11)13(15)16/h5-8,10H,4,9H2,1-3H3,(H,15,16). The Balaban J connectivity index is 2.71. The van der Waals surface area contributed by atoms with Gasteiger partial charge < -0.3 is 5.11 Å². The van der Waals surface area contributed by atoms with E-state index in [1.807, 2.05) is 12.1 Å². The van der Waals surface area contributed by atoms with Crippen LogP contribution in [-0.2, 0) is 6.54 Å². The molecular weight excluding hydrogens is 202 g/mol. The zero-order chi connectivity index (χ0) is 12.1. The molecule has 3 nitrogen and oxygen atoms in total. The average molecular weight is 221 g/mol. The second-order valence-electron chi connectivity index (χ2n) is 4.16. The molecule has 1 aromatic carbocycles. The predicted octanol–water partition coefficient (Wildman–Crippen LogP) is 2.62. The normalized spacial score (nSPS) is 11.1. The molecule has 0 aliphatic carbocycles. The number of carboxylic acid groups (broad SMARTS) is 1. The van der Waals surface area contributed by atoms with Gasteiger partial charge in [0.2, 0.25) is 0 Å². The van der Waals surface area contributed by atoms with Crippen LogP contribution in [0.2, 0.25) is 0 Å². The summed E-state index contributed by atoms with van der Waals surface area (Å²) < 4.78 is 0. The zero-order valence-electron chi connectivity index (χ0n) is 10.1. The molecule has 16 heavy (non-hydrogen) atoms. The highest BCUT2D eigenvalue weighted by Crippen LogP contribution is 2.09. The van der Waals surface area contributed by atoms with Gasteiger partial charge in [-0.05, 0) is 38.1 Å². The molecule has 3 heteroatoms. The Morgan fingerprint density at radius 2 is 1.88 bits per heavy atom. The highest BCUT2D eigenvalue weighted by Gasteiger charge is 2.08. The third-order valence-corrected chi connectivity index (χ3v) is 2.72. The van der Waals surface area contributed by atoms with E-state index < -0.39 is 5.97 Å². The van der Waals surface area contributed by atoms with E-state index >= 15 is 0 Å². The third-order valence-electron chi connectivity index (χ3n) is 2.72. The highest BCUT2D eigenvalue weighted by atomic mass is 16.4. The van der Waals surface area contributed by atoms with Crippen molar-refractivity contribution in [1.29, 1.82) is 0 Å². The molecule has 1 aromatic rings. The van der Waals surface area contributed by atoms with Gasteiger partial charge in [-0.2, -0.15) is 0 Å². The van der Waals surface area contributed by atoms with Crippen LogP contribution in [0.3, 0.4) is 0 Å². The van der Waals surface area contributed by atoms with Crippen LogP contribution < -0.4 is 0 Å². The average Bonchev–Trinajstić information content (AvgIpc) is 2.26. The van der Waals surface area contributed by atoms with Gasteiger partial charge in [0.05, 0.1) is 5.56 Å². The van der Waals surface area contributed by atoms with Gasteiger partial charge in [0.25, 0.3) is 0 Å². The van der Waals surface area contributed by atoms with Gasteiger partial charge in [-0.15, -0.1) is 0 Å². The summed E-state index contributed by atoms with van der Waals surface area (Å²) in [6.07, 6.45) is 0. The molecule has 0 radical (unpaired) electrons. The van der Waals surface area contributed by atoms with Gasteiger partial charge in [0.1, 0.15) is 0 Å². The van der Waals surface area contributed by atoms with Crippen LogP contribution in [0.15, 0.2) is 24.3 Å². The third kappa shape index (κ3) is 3.35. The fourth-order valence-corrected chi connectivity index (χ4v) is 1.65. The van der Waals surface area contributed by atoms with E-state index in [0.717, 1.165) is 18.7 Å². The molecule has 0 bridgehead atoms. The van der Waals surface area contributed by atoms with Crippen molar-refractivity contribution in [2.45, 2.75) is 33.4 Å². The van der Waals surface area contributed by atoms with E-state index in [1.165, 1.54) is 0 Å². The first-order valence-corrected chi connectivity index (χ1v) is 5.61. The first-order valence-electron chi connectivity index (χ1n) is 5.61. The Morgan fingerprint density at radius 3 is 2.25 bits per heavy atom. The molecule has 0 amide bonds. The van der Waals surface area contributed by atoms with Crippen molar-refractivity contribution in [3.63, 3.8) is 0 Å². The number of carboxylic acids is 1. The quantitative estimate of drug-likeness (QED) is 0.831. The molecule has 0 aromatic heterocycles. The number of carbonyl (C=O) groups is 1. The lowest BCUT2D eigenvalue weighted by Crippen LogP contribution is -2.29. The topological polar surface area (TPSA) is 40.5 Å². The van der Waals surface area contributed by atoms with Gasteiger partial charge in [0, 0.05) is 12.6 Å². The smallest absolute Gasteiger partial charge is 0.335 e. The second kappa shape index (κ2) is 5.66. The Morgan fingerprint density at radius 1 is 1.31 bits per heavy atom. The van der Waals surface area contributed by atoms with E-state index in [9.17, 15) is 4.79 Å². The van der Waals surface area contributed by atoms with Crippen molar-refractivity contribution in [1.82, 2.24) is 4.90 Å². The first-order chi connectivity index (χ1) is 7.54. The largest absolute Gasteiger partial charge is 0.478 e. The van der Waals surface area contributed by atoms with E-state index in [2.05, 4.69) is 25.7 Å². The lowest BCUT2D eigenvalue weighted by molar-refractivity contribution is 0.0697. The van der Waals surface area contributed by atoms with Crippen LogP contribution in [0.4, 0.5) is 0 Å². The molecule has 0 saturated carbocycles. The Labute approximate surface area is 96.7 Å². The summed E-state index contributed by atoms with van der Waals surface area (Å²) in [4.78, 5) is 13.0. The first kappa shape index (κ1) is 12.7. The minimum atomic E-state index is -0.872. The second-order valence-corrected chi connectivity index (χ2v) is 4.16. The highest BCUT2D eigenvalue weighted by molar-refractivity contribution is 5.87. The summed E-state index contributed by atoms with van der Waals surface area (Å²) in [5.41, 5.74) is 1.50. The number of hydrogen-bond acceptors (Lipinski definition) is 2. The Kier molecular flexibility index (Phi) is 4.50. The zero-order valence-corrected chi connectivity index (χ0v) is 10.1. The number of aromatic carboxylic acids is 1. The van der Waals surface area contributed by atoms with Crippen molar-refractivity contribution in [2.75, 3.05) is 6.54 Å². The van der Waals surface area contributed by atoms with Crippen LogP contribution >= 0.6 is 0 Å². The summed E-state index contributed by atoms with van der Waals surface area (Å²) in [5.74, 6) is -0.872. The van der Waals surface area contributed by atoms with E-state index in [-0.39, 0.29) is 0 Å². The molecule has 0 saturated heterocycles. The summed E-state index contributed by atoms with van der Waals surface area (Å²) >= 11 is 0. The van der Waals surface area contributed by atoms with Crippen LogP contribution in [0.1, 0.15) is 36.7 Å². The lowest BCUT2D eigenvalue weighted by Gasteiger charge is -2.24. The molecule has 0 heterocycles. The van der Waals surface area contributed by atoms with Gasteiger partial charge in [0.15, 0.2) is 0 Å². The van der Waals surface area contributed by atoms with Crippen LogP contribution in [0.25, 0.3) is 0 Å². The SMILES string of the molecule is CCN(Cc1ccc(C(=O)O)cc1)C(C)C. The van der Waals surface area contributed by atoms with E-state index in [4.69, 9.17) is 5.11 Å². The van der Waals surface area contributed by atoms with Crippen LogP contribution in [-0.4, -0.2) is 28.6 Å². The molecule has 0 atom stereocenters. The van der Waals surface area contributed by atoms with Crippen LogP contribution in [0, 0.1) is 0 Å². The molecule has 0 aliphatic heterocycles. The van der Waals surface area contributed by atoms with E-state index in [1.54, 1.807) is 12.1 Å². The summed E-state index contributed by atoms with van der Waals surface area (Å²) in [6.45, 7) is 8.32. The molecule has 0 fully saturated rings. The van der Waals surface area contributed by atoms with Crippen molar-refractivity contribution >= 4 is 5.97 Å². The summed E-state index contributed by atoms with van der Waals surface area (Å²) in [7, 11) is 0. The summed E-state index contributed by atoms with van der Waals surface area (Å²) in [6, 6.07) is 7.59. The van der Waals surface area contributed by atoms with Crippen molar-refractivity contribution in [3.8, 4) is 0 Å². The van der Waals surface area contributed by atoms with Crippen molar-refractivity contribution in [2.24, 2.45) is 0 Å². The predicted molar refractivity (Wildman–Crippen MR) is 64.6 cm³/mol. The molecule has 1 N–H and O–H groups in total. The molecular formula is C13H19NO2. The maximum Gasteiger partial charge on any atom is 0.335 e. The number of rotatable bonds is 5. The van der Waals surface area contributed by atoms with Gasteiger partial charge >= 0.3 is 5.97 Å². The van der Waals surface area contributed by atoms with Gasteiger partial charge in [-0.25, -0.2) is 4.79 Å². The maximum absolute atomic E-state index is 10.7. The molecule has 0 spiro atoms. The molecule has 0 aliphatic rings. The van der Waals surface area contributed by atoms with Crippen molar-refractivity contribution in [3.05, 3.63) is 35.4 Å². The van der Waals surface area contributed by atoms with E-state index in [0.29, 0.717) is 11.6 Å². The molecule has 1 rings (SSSR count). The monoisotopic (exact) mass is 221 g/mol. The number of hydrogen-bond donors (Lipinski definition) is 1. The molecule has 88 valence electrons. The lowest BCUT2D eigenvalue weighted by atomic mass is 10.1. The Hall–Kier alpha value is -1.35. The van der Waals surface area contributed by atoms with Crippen LogP contribution in [0.5, 0.6) is 0 Å². The van der Waals surface area contributed by atoms with Gasteiger partial charge in [-0.3, -0.25) is 4.90 Å². The summed E-state index contributed by atoms with van der Waals surface area (Å²) in [5, 5.41) is 8.78. The number of benzene rings is 1. The van der Waals surface area contributed by atoms with Crippen molar-refractivity contribution < 1.29 is 9.90 Å². The fourth-order valence-electron chi connectivity index (χ4n) is 1.65. The Bertz CT molecular complexity index is 343. The maximum atomic E-state index is 10.7. The van der Waals surface area contributed by atoms with Gasteiger partial charge in [-0.1, -0.05) is 19.1 Å². The number of nitrogens with zero attached hydrogens (tertiary/aromatic N) is 1. The molecule has 0 unspecified atom stereocenters. The minimum absolute atomic E-state index is 0.344.